The van der Waals surface area contributed by atoms with Crippen molar-refractivity contribution in [3.05, 3.63) is 40.9 Å². The van der Waals surface area contributed by atoms with Gasteiger partial charge in [-0.3, -0.25) is 9.20 Å². The third-order valence-corrected chi connectivity index (χ3v) is 2.21. The van der Waals surface area contributed by atoms with Crippen molar-refractivity contribution >= 4 is 5.65 Å². The van der Waals surface area contributed by atoms with Gasteiger partial charge in [0.1, 0.15) is 11.2 Å². The van der Waals surface area contributed by atoms with Gasteiger partial charge in [-0.15, -0.1) is 5.10 Å². The molecule has 7 nitrogen and oxygen atoms in total. The Morgan fingerprint density at radius 2 is 2.25 bits per heavy atom. The summed E-state index contributed by atoms with van der Waals surface area (Å²) in [5, 5.41) is 13.1. The van der Waals surface area contributed by atoms with Gasteiger partial charge in [-0.05, 0) is 22.6 Å². The Bertz CT molecular complexity index is 687. The second-order valence-electron chi connectivity index (χ2n) is 3.16. The van der Waals surface area contributed by atoms with Crippen LogP contribution >= 0.6 is 0 Å². The number of tetrazole rings is 1. The Balaban J connectivity index is 2.37. The van der Waals surface area contributed by atoms with Gasteiger partial charge in [0.05, 0.1) is 0 Å². The van der Waals surface area contributed by atoms with Gasteiger partial charge in [0.2, 0.25) is 0 Å². The van der Waals surface area contributed by atoms with Crippen molar-refractivity contribution in [1.82, 2.24) is 30.0 Å². The molecule has 0 aliphatic carbocycles. The molecule has 0 saturated heterocycles. The van der Waals surface area contributed by atoms with E-state index in [-0.39, 0.29) is 5.56 Å². The topological polar surface area (TPSA) is 88.8 Å². The second kappa shape index (κ2) is 3.23. The zero-order chi connectivity index (χ0) is 11.0. The van der Waals surface area contributed by atoms with E-state index in [0.717, 1.165) is 0 Å². The average Bonchev–Trinajstić information content (AvgIpc) is 2.83. The summed E-state index contributed by atoms with van der Waals surface area (Å²) < 4.78 is 1.44. The summed E-state index contributed by atoms with van der Waals surface area (Å²) >= 11 is 0. The molecule has 1 N–H and O–H groups in total. The van der Waals surface area contributed by atoms with Crippen LogP contribution in [0, 0.1) is 0 Å². The molecule has 0 fully saturated rings. The van der Waals surface area contributed by atoms with Crippen LogP contribution in [-0.4, -0.2) is 30.0 Å². The molecule has 7 heteroatoms. The quantitative estimate of drug-likeness (QED) is 0.609. The van der Waals surface area contributed by atoms with Gasteiger partial charge in [-0.1, -0.05) is 6.07 Å². The molecule has 0 radical (unpaired) electrons. The van der Waals surface area contributed by atoms with Crippen LogP contribution in [0.2, 0.25) is 0 Å². The highest BCUT2D eigenvalue weighted by atomic mass is 16.1. The number of pyridine rings is 1. The van der Waals surface area contributed by atoms with Crippen molar-refractivity contribution in [3.63, 3.8) is 0 Å². The number of nitrogens with zero attached hydrogens (tertiary/aromatic N) is 5. The lowest BCUT2D eigenvalue weighted by atomic mass is 10.3. The van der Waals surface area contributed by atoms with Crippen molar-refractivity contribution in [1.29, 1.82) is 0 Å². The van der Waals surface area contributed by atoms with Crippen LogP contribution in [0.15, 0.2) is 35.4 Å². The third-order valence-electron chi connectivity index (χ3n) is 2.21. The molecule has 0 aliphatic rings. The number of hydrogen-bond acceptors (Lipinski definition) is 5. The highest BCUT2D eigenvalue weighted by Gasteiger charge is 2.09. The molecule has 3 rings (SSSR count). The van der Waals surface area contributed by atoms with E-state index in [1.807, 2.05) is 6.07 Å². The number of H-pyrrole nitrogens is 1. The van der Waals surface area contributed by atoms with Crippen LogP contribution in [-0.2, 0) is 0 Å². The standard InChI is InChI=1S/C9H6N6O/c16-9-6(8-11-13-14-12-8)5-10-7-3-1-2-4-15(7)9/h1-5H,(H,11,12,13,14). The zero-order valence-corrected chi connectivity index (χ0v) is 8.03. The molecule has 0 bridgehead atoms. The fourth-order valence-electron chi connectivity index (χ4n) is 1.46. The summed E-state index contributed by atoms with van der Waals surface area (Å²) in [6.07, 6.45) is 3.11. The SMILES string of the molecule is O=c1c(-c2nnn[nH]2)cnc2ccccn12. The van der Waals surface area contributed by atoms with Crippen molar-refractivity contribution in [2.45, 2.75) is 0 Å². The highest BCUT2D eigenvalue weighted by molar-refractivity contribution is 5.53. The van der Waals surface area contributed by atoms with Crippen LogP contribution in [0.4, 0.5) is 0 Å². The Morgan fingerprint density at radius 3 is 3.06 bits per heavy atom. The van der Waals surface area contributed by atoms with Crippen LogP contribution in [0.1, 0.15) is 0 Å². The lowest BCUT2D eigenvalue weighted by Gasteiger charge is -2.00. The van der Waals surface area contributed by atoms with Crippen molar-refractivity contribution < 1.29 is 0 Å². The minimum atomic E-state index is -0.204. The van der Waals surface area contributed by atoms with Gasteiger partial charge in [0.25, 0.3) is 5.56 Å². The maximum absolute atomic E-state index is 12.0. The van der Waals surface area contributed by atoms with Gasteiger partial charge in [0.15, 0.2) is 5.82 Å². The minimum Gasteiger partial charge on any atom is -0.268 e. The monoisotopic (exact) mass is 214 g/mol. The molecule has 0 saturated carbocycles. The first-order valence-electron chi connectivity index (χ1n) is 4.57. The average molecular weight is 214 g/mol. The Kier molecular flexibility index (Phi) is 1.76. The van der Waals surface area contributed by atoms with Gasteiger partial charge >= 0.3 is 0 Å². The maximum atomic E-state index is 12.0. The van der Waals surface area contributed by atoms with Crippen LogP contribution in [0.3, 0.4) is 0 Å². The first-order valence-corrected chi connectivity index (χ1v) is 4.57. The van der Waals surface area contributed by atoms with E-state index < -0.39 is 0 Å². The normalized spacial score (nSPS) is 10.8. The molecule has 78 valence electrons. The zero-order valence-electron chi connectivity index (χ0n) is 8.03. The van der Waals surface area contributed by atoms with Crippen molar-refractivity contribution in [2.75, 3.05) is 0 Å². The van der Waals surface area contributed by atoms with Crippen LogP contribution in [0.5, 0.6) is 0 Å². The summed E-state index contributed by atoms with van der Waals surface area (Å²) in [6, 6.07) is 5.33. The predicted octanol–water partition coefficient (Wildman–Crippen LogP) is -0.125. The fraction of sp³-hybridized carbons (Fsp3) is 0. The molecule has 0 aromatic carbocycles. The van der Waals surface area contributed by atoms with Gasteiger partial charge in [-0.2, -0.15) is 0 Å². The van der Waals surface area contributed by atoms with E-state index in [4.69, 9.17) is 0 Å². The lowest BCUT2D eigenvalue weighted by molar-refractivity contribution is 0.881. The number of aromatic nitrogens is 6. The third kappa shape index (κ3) is 1.18. The summed E-state index contributed by atoms with van der Waals surface area (Å²) in [5.41, 5.74) is 0.724. The molecular weight excluding hydrogens is 208 g/mol. The number of nitrogens with one attached hydrogen (secondary N) is 1. The number of aromatic amines is 1. The number of fused-ring (bicyclic) bond motifs is 1. The largest absolute Gasteiger partial charge is 0.268 e. The molecule has 0 amide bonds. The summed E-state index contributed by atoms with van der Waals surface area (Å²) in [4.78, 5) is 16.2. The van der Waals surface area contributed by atoms with E-state index in [1.165, 1.54) is 10.6 Å². The molecule has 0 atom stereocenters. The van der Waals surface area contributed by atoms with E-state index in [1.54, 1.807) is 18.3 Å². The highest BCUT2D eigenvalue weighted by Crippen LogP contribution is 2.06. The minimum absolute atomic E-state index is 0.204. The van der Waals surface area contributed by atoms with E-state index in [9.17, 15) is 4.79 Å². The van der Waals surface area contributed by atoms with Gasteiger partial charge in [-0.25, -0.2) is 10.1 Å². The Labute approximate surface area is 88.8 Å². The molecule has 0 aliphatic heterocycles. The van der Waals surface area contributed by atoms with Gasteiger partial charge < -0.3 is 0 Å². The van der Waals surface area contributed by atoms with Crippen LogP contribution < -0.4 is 5.56 Å². The Hall–Kier alpha value is -2.57. The fourth-order valence-corrected chi connectivity index (χ4v) is 1.46. The molecule has 0 spiro atoms. The molecule has 16 heavy (non-hydrogen) atoms. The second-order valence-corrected chi connectivity index (χ2v) is 3.16. The van der Waals surface area contributed by atoms with Crippen molar-refractivity contribution in [2.24, 2.45) is 0 Å². The summed E-state index contributed by atoms with van der Waals surface area (Å²) in [6.45, 7) is 0. The molecule has 3 aromatic heterocycles. The smallest absolute Gasteiger partial charge is 0.268 e. The first kappa shape index (κ1) is 8.72. The van der Waals surface area contributed by atoms with E-state index in [2.05, 4.69) is 25.6 Å². The molecule has 0 unspecified atom stereocenters. The molecular formula is C9H6N6O. The predicted molar refractivity (Wildman–Crippen MR) is 54.6 cm³/mol. The maximum Gasteiger partial charge on any atom is 0.268 e. The van der Waals surface area contributed by atoms with Gasteiger partial charge in [0, 0.05) is 12.4 Å². The Morgan fingerprint density at radius 1 is 1.31 bits per heavy atom. The lowest BCUT2D eigenvalue weighted by Crippen LogP contribution is -2.16. The van der Waals surface area contributed by atoms with Crippen LogP contribution in [0.25, 0.3) is 17.0 Å². The summed E-state index contributed by atoms with van der Waals surface area (Å²) in [7, 11) is 0. The number of rotatable bonds is 1. The van der Waals surface area contributed by atoms with E-state index >= 15 is 0 Å². The molecule has 3 aromatic rings. The first-order chi connectivity index (χ1) is 7.86. The number of hydrogen-bond donors (Lipinski definition) is 1. The van der Waals surface area contributed by atoms with Crippen molar-refractivity contribution in [3.8, 4) is 11.4 Å². The summed E-state index contributed by atoms with van der Waals surface area (Å²) in [5.74, 6) is 0.316. The van der Waals surface area contributed by atoms with E-state index in [0.29, 0.717) is 17.0 Å². The molecule has 3 heterocycles.